The van der Waals surface area contributed by atoms with Gasteiger partial charge in [-0.25, -0.2) is 4.68 Å². The van der Waals surface area contributed by atoms with Crippen molar-refractivity contribution in [2.75, 3.05) is 30.3 Å². The van der Waals surface area contributed by atoms with Crippen LogP contribution in [0.2, 0.25) is 0 Å². The fourth-order valence-electron chi connectivity index (χ4n) is 5.34. The van der Waals surface area contributed by atoms with E-state index < -0.39 is 0 Å². The Balaban J connectivity index is 1.77. The number of hydrogen-bond donors (Lipinski definition) is 0. The standard InChI is InChI=1S/C30H36N4O2S/c1-20-11-10-13-22(17-20)34-29-26(28(31-34)30(3,4)5)27(23-14-7-6-12-21(23)2)37-19-25(36)33(29)18-24(35)32-15-8-9-16-32/h6-7,10-14,17,27H,8-9,15-16,18-19H2,1-5H3. The van der Waals surface area contributed by atoms with Gasteiger partial charge in [-0.1, -0.05) is 57.2 Å². The lowest BCUT2D eigenvalue weighted by molar-refractivity contribution is -0.130. The molecule has 2 aromatic carbocycles. The fourth-order valence-corrected chi connectivity index (χ4v) is 6.63. The summed E-state index contributed by atoms with van der Waals surface area (Å²) in [4.78, 5) is 30.8. The van der Waals surface area contributed by atoms with E-state index in [1.165, 1.54) is 11.1 Å². The molecule has 1 saturated heterocycles. The maximum atomic E-state index is 13.8. The molecule has 37 heavy (non-hydrogen) atoms. The van der Waals surface area contributed by atoms with Gasteiger partial charge in [-0.3, -0.25) is 14.5 Å². The summed E-state index contributed by atoms with van der Waals surface area (Å²) in [5.41, 5.74) is 6.11. The van der Waals surface area contributed by atoms with Crippen LogP contribution in [0.15, 0.2) is 48.5 Å². The Kier molecular flexibility index (Phi) is 6.92. The van der Waals surface area contributed by atoms with E-state index >= 15 is 0 Å². The van der Waals surface area contributed by atoms with Crippen LogP contribution in [0.3, 0.4) is 0 Å². The van der Waals surface area contributed by atoms with Gasteiger partial charge in [0, 0.05) is 24.1 Å². The Morgan fingerprint density at radius 1 is 1.05 bits per heavy atom. The Labute approximate surface area is 224 Å². The summed E-state index contributed by atoms with van der Waals surface area (Å²) in [6.07, 6.45) is 2.04. The highest BCUT2D eigenvalue weighted by molar-refractivity contribution is 8.00. The zero-order valence-electron chi connectivity index (χ0n) is 22.5. The van der Waals surface area contributed by atoms with Crippen molar-refractivity contribution in [2.45, 2.75) is 58.1 Å². The number of carbonyl (C=O) groups excluding carboxylic acids is 2. The first-order valence-electron chi connectivity index (χ1n) is 13.1. The topological polar surface area (TPSA) is 58.4 Å². The van der Waals surface area contributed by atoms with E-state index in [0.29, 0.717) is 5.75 Å². The molecule has 194 valence electrons. The van der Waals surface area contributed by atoms with Gasteiger partial charge in [0.2, 0.25) is 11.8 Å². The molecule has 0 saturated carbocycles. The molecule has 2 aliphatic heterocycles. The zero-order valence-corrected chi connectivity index (χ0v) is 23.3. The molecule has 3 heterocycles. The highest BCUT2D eigenvalue weighted by Gasteiger charge is 2.40. The molecule has 2 aliphatic rings. The van der Waals surface area contributed by atoms with Crippen LogP contribution in [0, 0.1) is 13.8 Å². The molecule has 0 N–H and O–H groups in total. The van der Waals surface area contributed by atoms with E-state index in [-0.39, 0.29) is 29.0 Å². The number of benzene rings is 2. The van der Waals surface area contributed by atoms with Crippen LogP contribution in [0.25, 0.3) is 5.69 Å². The van der Waals surface area contributed by atoms with Crippen LogP contribution in [0.4, 0.5) is 5.82 Å². The second-order valence-corrected chi connectivity index (χ2v) is 12.3. The van der Waals surface area contributed by atoms with Gasteiger partial charge in [-0.05, 0) is 55.5 Å². The van der Waals surface area contributed by atoms with Crippen LogP contribution < -0.4 is 4.90 Å². The summed E-state index contributed by atoms with van der Waals surface area (Å²) in [7, 11) is 0. The quantitative estimate of drug-likeness (QED) is 0.454. The number of amides is 2. The number of aryl methyl sites for hydroxylation is 2. The zero-order chi connectivity index (χ0) is 26.3. The second-order valence-electron chi connectivity index (χ2n) is 11.2. The molecule has 5 rings (SSSR count). The highest BCUT2D eigenvalue weighted by atomic mass is 32.2. The highest BCUT2D eigenvalue weighted by Crippen LogP contribution is 2.49. The maximum absolute atomic E-state index is 13.8. The third kappa shape index (κ3) is 4.93. The van der Waals surface area contributed by atoms with Crippen LogP contribution in [-0.2, 0) is 15.0 Å². The number of likely N-dealkylation sites (tertiary alicyclic amines) is 1. The van der Waals surface area contributed by atoms with E-state index in [1.807, 2.05) is 27.8 Å². The van der Waals surface area contributed by atoms with Crippen molar-refractivity contribution in [3.8, 4) is 5.69 Å². The molecule has 0 radical (unpaired) electrons. The summed E-state index contributed by atoms with van der Waals surface area (Å²) in [5, 5.41) is 5.13. The number of carbonyl (C=O) groups is 2. The van der Waals surface area contributed by atoms with Gasteiger partial charge in [0.15, 0.2) is 0 Å². The second kappa shape index (κ2) is 10.0. The van der Waals surface area contributed by atoms with Gasteiger partial charge < -0.3 is 4.90 Å². The van der Waals surface area contributed by atoms with Crippen LogP contribution in [0.5, 0.6) is 0 Å². The van der Waals surface area contributed by atoms with E-state index in [4.69, 9.17) is 5.10 Å². The lowest BCUT2D eigenvalue weighted by atomic mass is 9.86. The Morgan fingerprint density at radius 3 is 2.46 bits per heavy atom. The van der Waals surface area contributed by atoms with Crippen LogP contribution in [0.1, 0.15) is 66.8 Å². The predicted octanol–water partition coefficient (Wildman–Crippen LogP) is 5.58. The third-order valence-electron chi connectivity index (χ3n) is 7.27. The number of hydrogen-bond acceptors (Lipinski definition) is 4. The molecule has 2 amide bonds. The number of aromatic nitrogens is 2. The summed E-state index contributed by atoms with van der Waals surface area (Å²) in [6, 6.07) is 16.6. The number of nitrogens with zero attached hydrogens (tertiary/aromatic N) is 4. The molecule has 1 atom stereocenters. The lowest BCUT2D eigenvalue weighted by Crippen LogP contribution is -2.43. The van der Waals surface area contributed by atoms with E-state index in [0.717, 1.165) is 54.3 Å². The average Bonchev–Trinajstić information content (AvgIpc) is 3.50. The molecule has 6 nitrogen and oxygen atoms in total. The third-order valence-corrected chi connectivity index (χ3v) is 8.51. The minimum absolute atomic E-state index is 0.00504. The van der Waals surface area contributed by atoms with Crippen LogP contribution in [-0.4, -0.2) is 51.9 Å². The fraction of sp³-hybridized carbons (Fsp3) is 0.433. The normalized spacial score (nSPS) is 18.2. The molecule has 1 fully saturated rings. The van der Waals surface area contributed by atoms with Crippen molar-refractivity contribution in [3.63, 3.8) is 0 Å². The van der Waals surface area contributed by atoms with Gasteiger partial charge in [-0.2, -0.15) is 5.10 Å². The first-order valence-corrected chi connectivity index (χ1v) is 14.2. The molecular formula is C30H36N4O2S. The monoisotopic (exact) mass is 516 g/mol. The minimum Gasteiger partial charge on any atom is -0.341 e. The van der Waals surface area contributed by atoms with Gasteiger partial charge in [0.1, 0.15) is 12.4 Å². The molecule has 1 aromatic heterocycles. The Hall–Kier alpha value is -3.06. The summed E-state index contributed by atoms with van der Waals surface area (Å²) in [5.74, 6) is 0.985. The van der Waals surface area contributed by atoms with Crippen molar-refractivity contribution in [1.29, 1.82) is 0 Å². The molecule has 0 spiro atoms. The minimum atomic E-state index is -0.265. The van der Waals surface area contributed by atoms with Crippen LogP contribution >= 0.6 is 11.8 Å². The number of anilines is 1. The number of fused-ring (bicyclic) bond motifs is 1. The first kappa shape index (κ1) is 25.6. The summed E-state index contributed by atoms with van der Waals surface area (Å²) < 4.78 is 1.91. The van der Waals surface area contributed by atoms with E-state index in [1.54, 1.807) is 16.7 Å². The molecule has 0 bridgehead atoms. The van der Waals surface area contributed by atoms with Crippen molar-refractivity contribution in [1.82, 2.24) is 14.7 Å². The summed E-state index contributed by atoms with van der Waals surface area (Å²) >= 11 is 1.64. The molecule has 0 aliphatic carbocycles. The molecule has 1 unspecified atom stereocenters. The molecule has 3 aromatic rings. The number of rotatable bonds is 4. The smallest absolute Gasteiger partial charge is 0.242 e. The molecular weight excluding hydrogens is 480 g/mol. The van der Waals surface area contributed by atoms with E-state index in [2.05, 4.69) is 65.0 Å². The van der Waals surface area contributed by atoms with Crippen molar-refractivity contribution < 1.29 is 9.59 Å². The van der Waals surface area contributed by atoms with Crippen molar-refractivity contribution >= 4 is 29.4 Å². The van der Waals surface area contributed by atoms with Gasteiger partial charge in [0.05, 0.1) is 22.4 Å². The Morgan fingerprint density at radius 2 is 1.78 bits per heavy atom. The van der Waals surface area contributed by atoms with Crippen molar-refractivity contribution in [2.24, 2.45) is 0 Å². The van der Waals surface area contributed by atoms with Gasteiger partial charge >= 0.3 is 0 Å². The largest absolute Gasteiger partial charge is 0.341 e. The lowest BCUT2D eigenvalue weighted by Gasteiger charge is -2.26. The van der Waals surface area contributed by atoms with Crippen molar-refractivity contribution in [3.05, 3.63) is 76.5 Å². The number of thioether (sulfide) groups is 1. The van der Waals surface area contributed by atoms with Gasteiger partial charge in [0.25, 0.3) is 0 Å². The summed E-state index contributed by atoms with van der Waals surface area (Å²) in [6.45, 7) is 12.2. The van der Waals surface area contributed by atoms with Gasteiger partial charge in [-0.15, -0.1) is 11.8 Å². The average molecular weight is 517 g/mol. The van der Waals surface area contributed by atoms with E-state index in [9.17, 15) is 9.59 Å². The molecule has 7 heteroatoms. The maximum Gasteiger partial charge on any atom is 0.242 e. The Bertz CT molecular complexity index is 1330. The SMILES string of the molecule is Cc1cccc(-n2nc(C(C)(C)C)c3c2N(CC(=O)N2CCCC2)C(=O)CSC3c2ccccc2C)c1. The first-order chi connectivity index (χ1) is 17.6. The predicted molar refractivity (Wildman–Crippen MR) is 151 cm³/mol.